The van der Waals surface area contributed by atoms with E-state index in [9.17, 15) is 43.2 Å². The van der Waals surface area contributed by atoms with Gasteiger partial charge in [0.25, 0.3) is 35.4 Å². The molecule has 28 heteroatoms. The van der Waals surface area contributed by atoms with Gasteiger partial charge in [0.2, 0.25) is 17.7 Å². The predicted octanol–water partition coefficient (Wildman–Crippen LogP) is 0.228. The summed E-state index contributed by atoms with van der Waals surface area (Å²) >= 11 is 0. The summed E-state index contributed by atoms with van der Waals surface area (Å²) in [6, 6.07) is 9.22. The van der Waals surface area contributed by atoms with Crippen molar-refractivity contribution in [2.24, 2.45) is 59.5 Å². The Hall–Kier alpha value is -9.25. The molecule has 0 atom stereocenters. The number of aryl methyl sites for hydroxylation is 6. The highest BCUT2D eigenvalue weighted by molar-refractivity contribution is 6.08. The molecule has 6 aromatic rings. The number of anilines is 6. The van der Waals surface area contributed by atoms with Gasteiger partial charge in [0, 0.05) is 99.1 Å². The van der Waals surface area contributed by atoms with Gasteiger partial charge in [0.05, 0.1) is 53.8 Å². The molecule has 0 aromatic carbocycles. The van der Waals surface area contributed by atoms with Gasteiger partial charge in [-0.15, -0.1) is 0 Å². The molecule has 79 heavy (non-hydrogen) atoms. The van der Waals surface area contributed by atoms with E-state index < -0.39 is 35.4 Å². The molecule has 0 radical (unpaired) electrons. The third-order valence-corrected chi connectivity index (χ3v) is 12.4. The highest BCUT2D eigenvalue weighted by Crippen LogP contribution is 2.21. The maximum Gasteiger partial charge on any atom is 0.272 e. The van der Waals surface area contributed by atoms with E-state index in [1.165, 1.54) is 18.2 Å². The van der Waals surface area contributed by atoms with Crippen molar-refractivity contribution in [3.8, 4) is 0 Å². The first-order valence-corrected chi connectivity index (χ1v) is 25.2. The fraction of sp³-hybridized carbons (Fsp3) is 0.353. The summed E-state index contributed by atoms with van der Waals surface area (Å²) in [6.45, 7) is 1.94. The summed E-state index contributed by atoms with van der Waals surface area (Å²) in [4.78, 5) is 117. The minimum Gasteiger partial charge on any atom is -0.351 e. The van der Waals surface area contributed by atoms with Crippen LogP contribution in [0.25, 0.3) is 0 Å². The first-order valence-electron chi connectivity index (χ1n) is 25.2. The van der Waals surface area contributed by atoms with Gasteiger partial charge in [0.1, 0.15) is 34.2 Å². The van der Waals surface area contributed by atoms with Crippen molar-refractivity contribution in [1.29, 1.82) is 0 Å². The molecule has 0 aliphatic rings. The second-order valence-corrected chi connectivity index (χ2v) is 18.6. The second-order valence-electron chi connectivity index (χ2n) is 18.6. The quantitative estimate of drug-likeness (QED) is 0.0308. The van der Waals surface area contributed by atoms with E-state index in [0.717, 1.165) is 0 Å². The molecule has 0 aliphatic carbocycles. The van der Waals surface area contributed by atoms with Crippen molar-refractivity contribution < 1.29 is 43.2 Å². The van der Waals surface area contributed by atoms with Gasteiger partial charge in [-0.2, -0.15) is 0 Å². The van der Waals surface area contributed by atoms with Crippen LogP contribution in [0.4, 0.5) is 34.1 Å². The smallest absolute Gasteiger partial charge is 0.272 e. The van der Waals surface area contributed by atoms with E-state index in [1.807, 2.05) is 0 Å². The summed E-state index contributed by atoms with van der Waals surface area (Å²) in [5, 5.41) is 25.1. The van der Waals surface area contributed by atoms with E-state index in [0.29, 0.717) is 110 Å². The number of carbonyl (C=O) groups is 9. The van der Waals surface area contributed by atoms with Crippen LogP contribution in [0.3, 0.4) is 0 Å². The van der Waals surface area contributed by atoms with Crippen LogP contribution < -0.4 is 65.1 Å². The van der Waals surface area contributed by atoms with Crippen molar-refractivity contribution in [2.45, 2.75) is 19.3 Å². The number of hydrogen-bond donors (Lipinski definition) is 12. The number of amides is 9. The Morgan fingerprint density at radius 1 is 0.342 bits per heavy atom. The van der Waals surface area contributed by atoms with E-state index >= 15 is 0 Å². The average Bonchev–Trinajstić information content (AvgIpc) is 4.30. The number of carbonyl (C=O) groups excluding carboxylic acids is 9. The molecule has 6 rings (SSSR count). The zero-order valence-electron chi connectivity index (χ0n) is 45.0. The molecule has 6 aromatic heterocycles. The van der Waals surface area contributed by atoms with Crippen molar-refractivity contribution >= 4 is 87.3 Å². The SMILES string of the molecule is Cn1cc(NC(=O)c2cc(NC(=O)CN)cn2C)cc1C(=O)NCCCN(CCCNC(=O)c1cc(NC(=O)c2cc(NC(=O)CN)cn2C)cn1C)CCCNC(=O)c1cc(NC(=O)c2cc(NC(=O)CN)cn2C)cn1C. The van der Waals surface area contributed by atoms with Crippen LogP contribution in [0, 0.1) is 0 Å². The average molecular weight is 1090 g/mol. The first kappa shape index (κ1) is 59.0. The minimum atomic E-state index is -0.452. The van der Waals surface area contributed by atoms with E-state index in [2.05, 4.69) is 52.8 Å². The molecular formula is C51H69N19O9. The summed E-state index contributed by atoms with van der Waals surface area (Å²) in [7, 11) is 10.0. The number of hydrogen-bond acceptors (Lipinski definition) is 13. The van der Waals surface area contributed by atoms with Crippen LogP contribution in [0.5, 0.6) is 0 Å². The van der Waals surface area contributed by atoms with Gasteiger partial charge in [-0.25, -0.2) is 0 Å². The number of nitrogens with zero attached hydrogens (tertiary/aromatic N) is 7. The molecule has 0 spiro atoms. The van der Waals surface area contributed by atoms with Crippen LogP contribution >= 0.6 is 0 Å². The largest absolute Gasteiger partial charge is 0.351 e. The molecule has 0 saturated carbocycles. The minimum absolute atomic E-state index is 0.209. The topological polar surface area (TPSA) is 373 Å². The van der Waals surface area contributed by atoms with Crippen LogP contribution in [0.15, 0.2) is 73.6 Å². The normalized spacial score (nSPS) is 11.0. The summed E-state index contributed by atoms with van der Waals surface area (Å²) in [5.41, 5.74) is 20.3. The van der Waals surface area contributed by atoms with E-state index in [4.69, 9.17) is 17.2 Å². The van der Waals surface area contributed by atoms with Crippen LogP contribution in [-0.4, -0.2) is 144 Å². The molecule has 0 bridgehead atoms. The zero-order chi connectivity index (χ0) is 57.5. The zero-order valence-corrected chi connectivity index (χ0v) is 45.0. The van der Waals surface area contributed by atoms with Gasteiger partial charge in [-0.1, -0.05) is 0 Å². The Bertz CT molecular complexity index is 2890. The van der Waals surface area contributed by atoms with Crippen LogP contribution in [0.1, 0.15) is 82.2 Å². The fourth-order valence-corrected chi connectivity index (χ4v) is 8.49. The van der Waals surface area contributed by atoms with Crippen molar-refractivity contribution in [1.82, 2.24) is 48.3 Å². The van der Waals surface area contributed by atoms with Crippen LogP contribution in [0.2, 0.25) is 0 Å². The molecule has 15 N–H and O–H groups in total. The third kappa shape index (κ3) is 16.1. The number of aromatic nitrogens is 6. The van der Waals surface area contributed by atoms with E-state index in [-0.39, 0.29) is 54.4 Å². The van der Waals surface area contributed by atoms with Gasteiger partial charge in [-0.05, 0) is 75.3 Å². The Kier molecular flexibility index (Phi) is 20.3. The Balaban J connectivity index is 1.02. The highest BCUT2D eigenvalue weighted by Gasteiger charge is 2.21. The predicted molar refractivity (Wildman–Crippen MR) is 297 cm³/mol. The number of nitrogens with two attached hydrogens (primary N) is 3. The summed E-state index contributed by atoms with van der Waals surface area (Å²) in [6.07, 6.45) is 11.2. The molecule has 0 aliphatic heterocycles. The van der Waals surface area contributed by atoms with Crippen molar-refractivity contribution in [3.05, 3.63) is 108 Å². The van der Waals surface area contributed by atoms with Crippen LogP contribution in [-0.2, 0) is 56.7 Å². The lowest BCUT2D eigenvalue weighted by atomic mass is 10.2. The number of rotatable bonds is 27. The molecular weight excluding hydrogens is 1020 g/mol. The Morgan fingerprint density at radius 3 is 0.759 bits per heavy atom. The molecule has 0 unspecified atom stereocenters. The fourth-order valence-electron chi connectivity index (χ4n) is 8.49. The molecule has 0 fully saturated rings. The Morgan fingerprint density at radius 2 is 0.544 bits per heavy atom. The lowest BCUT2D eigenvalue weighted by molar-refractivity contribution is -0.115. The molecule has 422 valence electrons. The first-order chi connectivity index (χ1) is 37.7. The summed E-state index contributed by atoms with van der Waals surface area (Å²) in [5.74, 6) is -3.64. The number of nitrogens with one attached hydrogen (secondary N) is 9. The van der Waals surface area contributed by atoms with Gasteiger partial charge >= 0.3 is 0 Å². The maximum absolute atomic E-state index is 13.4. The second kappa shape index (κ2) is 27.2. The van der Waals surface area contributed by atoms with Gasteiger partial charge < -0.3 is 97.4 Å². The van der Waals surface area contributed by atoms with Crippen molar-refractivity contribution in [3.63, 3.8) is 0 Å². The summed E-state index contributed by atoms with van der Waals surface area (Å²) < 4.78 is 9.45. The lowest BCUT2D eigenvalue weighted by Crippen LogP contribution is -2.35. The van der Waals surface area contributed by atoms with Gasteiger partial charge in [0.15, 0.2) is 0 Å². The molecule has 0 saturated heterocycles. The van der Waals surface area contributed by atoms with Gasteiger partial charge in [-0.3, -0.25) is 43.2 Å². The monoisotopic (exact) mass is 1090 g/mol. The van der Waals surface area contributed by atoms with E-state index in [1.54, 1.807) is 125 Å². The molecule has 28 nitrogen and oxygen atoms in total. The third-order valence-electron chi connectivity index (χ3n) is 12.4. The van der Waals surface area contributed by atoms with Crippen molar-refractivity contribution in [2.75, 3.05) is 90.8 Å². The molecule has 6 heterocycles. The Labute approximate surface area is 454 Å². The maximum atomic E-state index is 13.4. The lowest BCUT2D eigenvalue weighted by Gasteiger charge is -2.22. The molecule has 9 amide bonds. The standard InChI is InChI=1S/C51H69N19O9/c1-64-28-34(61-49(77)40-16-31(25-67(40)4)58-43(71)22-52)19-37(64)46(74)55-10-7-13-70(14-8-11-56-47(75)38-20-35(29-65(38)2)62-50(78)41-17-32(26-68(41)5)59-44(72)23-53)15-9-12-57-48(76)39-21-36(30-66(39)3)63-51(79)42-18-33(27-69(42)6)60-45(73)24-54/h16-21,25-30H,7-15,22-24,52-54H2,1-6H3,(H,55,74)(H,56,75)(H,57,76)(H,58,71)(H,59,72)(H,60,73)(H,61,77)(H,62,78)(H,63,79). The highest BCUT2D eigenvalue weighted by atomic mass is 16.2.